The number of rotatable bonds is 7. The SMILES string of the molecule is CCC(c1ccc(C(C)(C)CO)cc1)c1ccc(C(C)(C)CO)cc1. The van der Waals surface area contributed by atoms with Crippen molar-refractivity contribution in [2.45, 2.75) is 57.8 Å². The molecule has 2 heteroatoms. The van der Waals surface area contributed by atoms with Gasteiger partial charge >= 0.3 is 0 Å². The van der Waals surface area contributed by atoms with Crippen molar-refractivity contribution in [3.63, 3.8) is 0 Å². The van der Waals surface area contributed by atoms with Crippen LogP contribution in [0.1, 0.15) is 69.2 Å². The lowest BCUT2D eigenvalue weighted by molar-refractivity contribution is 0.218. The van der Waals surface area contributed by atoms with Crippen LogP contribution in [0.5, 0.6) is 0 Å². The van der Waals surface area contributed by atoms with Crippen molar-refractivity contribution in [3.05, 3.63) is 70.8 Å². The van der Waals surface area contributed by atoms with Gasteiger partial charge in [-0.25, -0.2) is 0 Å². The predicted molar refractivity (Wildman–Crippen MR) is 105 cm³/mol. The van der Waals surface area contributed by atoms with E-state index in [1.807, 2.05) is 0 Å². The molecule has 0 aliphatic heterocycles. The van der Waals surface area contributed by atoms with Gasteiger partial charge in [-0.15, -0.1) is 0 Å². The summed E-state index contributed by atoms with van der Waals surface area (Å²) in [6.45, 7) is 10.7. The first-order valence-corrected chi connectivity index (χ1v) is 9.18. The Morgan fingerprint density at radius 1 is 0.680 bits per heavy atom. The summed E-state index contributed by atoms with van der Waals surface area (Å²) in [4.78, 5) is 0. The molecular formula is C23H32O2. The van der Waals surface area contributed by atoms with Gasteiger partial charge in [0.1, 0.15) is 0 Å². The molecule has 0 unspecified atom stereocenters. The smallest absolute Gasteiger partial charge is 0.0522 e. The van der Waals surface area contributed by atoms with Crippen LogP contribution in [0.4, 0.5) is 0 Å². The molecule has 2 aromatic rings. The molecule has 0 bridgehead atoms. The minimum Gasteiger partial charge on any atom is -0.395 e. The summed E-state index contributed by atoms with van der Waals surface area (Å²) in [6, 6.07) is 17.3. The maximum atomic E-state index is 9.54. The van der Waals surface area contributed by atoms with Gasteiger partial charge in [0, 0.05) is 16.7 Å². The minimum absolute atomic E-state index is 0.145. The lowest BCUT2D eigenvalue weighted by Gasteiger charge is -2.25. The van der Waals surface area contributed by atoms with Gasteiger partial charge in [-0.2, -0.15) is 0 Å². The van der Waals surface area contributed by atoms with Crippen molar-refractivity contribution in [2.24, 2.45) is 0 Å². The number of aliphatic hydroxyl groups excluding tert-OH is 2. The number of aliphatic hydroxyl groups is 2. The van der Waals surface area contributed by atoms with E-state index in [0.717, 1.165) is 17.5 Å². The Bertz CT molecular complexity index is 607. The molecule has 2 rings (SSSR count). The largest absolute Gasteiger partial charge is 0.395 e. The van der Waals surface area contributed by atoms with Crippen LogP contribution in [0.3, 0.4) is 0 Å². The molecular weight excluding hydrogens is 308 g/mol. The fourth-order valence-electron chi connectivity index (χ4n) is 3.18. The van der Waals surface area contributed by atoms with Crippen LogP contribution in [0, 0.1) is 0 Å². The van der Waals surface area contributed by atoms with E-state index in [1.165, 1.54) is 11.1 Å². The van der Waals surface area contributed by atoms with Gasteiger partial charge in [0.15, 0.2) is 0 Å². The van der Waals surface area contributed by atoms with Crippen LogP contribution in [-0.2, 0) is 10.8 Å². The molecule has 0 saturated heterocycles. The van der Waals surface area contributed by atoms with Crippen LogP contribution in [0.15, 0.2) is 48.5 Å². The van der Waals surface area contributed by atoms with Crippen molar-refractivity contribution in [1.82, 2.24) is 0 Å². The van der Waals surface area contributed by atoms with Crippen LogP contribution in [-0.4, -0.2) is 23.4 Å². The molecule has 0 fully saturated rings. The topological polar surface area (TPSA) is 40.5 Å². The highest BCUT2D eigenvalue weighted by Gasteiger charge is 2.21. The zero-order valence-corrected chi connectivity index (χ0v) is 16.2. The third kappa shape index (κ3) is 4.31. The third-order valence-electron chi connectivity index (χ3n) is 5.39. The second kappa shape index (κ2) is 7.72. The van der Waals surface area contributed by atoms with Crippen LogP contribution < -0.4 is 0 Å². The Balaban J connectivity index is 2.28. The van der Waals surface area contributed by atoms with Gasteiger partial charge < -0.3 is 10.2 Å². The Kier molecular flexibility index (Phi) is 6.08. The maximum absolute atomic E-state index is 9.54. The molecule has 0 atom stereocenters. The van der Waals surface area contributed by atoms with E-state index in [-0.39, 0.29) is 24.0 Å². The lowest BCUT2D eigenvalue weighted by atomic mass is 9.81. The zero-order chi connectivity index (χ0) is 18.7. The van der Waals surface area contributed by atoms with Crippen LogP contribution in [0.25, 0.3) is 0 Å². The molecule has 0 radical (unpaired) electrons. The maximum Gasteiger partial charge on any atom is 0.0522 e. The van der Waals surface area contributed by atoms with E-state index in [9.17, 15) is 10.2 Å². The molecule has 2 aromatic carbocycles. The predicted octanol–water partition coefficient (Wildman–Crippen LogP) is 4.77. The average Bonchev–Trinajstić information content (AvgIpc) is 2.63. The van der Waals surface area contributed by atoms with Gasteiger partial charge in [-0.05, 0) is 28.7 Å². The van der Waals surface area contributed by atoms with Crippen LogP contribution in [0.2, 0.25) is 0 Å². The highest BCUT2D eigenvalue weighted by molar-refractivity contribution is 5.38. The number of hydrogen-bond donors (Lipinski definition) is 2. The highest BCUT2D eigenvalue weighted by Crippen LogP contribution is 2.32. The summed E-state index contributed by atoms with van der Waals surface area (Å²) < 4.78 is 0. The van der Waals surface area contributed by atoms with E-state index < -0.39 is 0 Å². The van der Waals surface area contributed by atoms with E-state index in [4.69, 9.17) is 0 Å². The van der Waals surface area contributed by atoms with E-state index in [2.05, 4.69) is 83.1 Å². The molecule has 0 aromatic heterocycles. The first kappa shape index (κ1) is 19.7. The molecule has 2 nitrogen and oxygen atoms in total. The van der Waals surface area contributed by atoms with Crippen molar-refractivity contribution in [2.75, 3.05) is 13.2 Å². The zero-order valence-electron chi connectivity index (χ0n) is 16.2. The Hall–Kier alpha value is -1.64. The molecule has 0 aliphatic rings. The average molecular weight is 341 g/mol. The Morgan fingerprint density at radius 3 is 1.24 bits per heavy atom. The van der Waals surface area contributed by atoms with Gasteiger partial charge in [0.05, 0.1) is 13.2 Å². The van der Waals surface area contributed by atoms with Crippen molar-refractivity contribution >= 4 is 0 Å². The van der Waals surface area contributed by atoms with E-state index >= 15 is 0 Å². The first-order valence-electron chi connectivity index (χ1n) is 9.18. The molecule has 0 heterocycles. The standard InChI is InChI=1S/C23H32O2/c1-6-21(17-7-11-19(12-8-17)22(2,3)15-24)18-9-13-20(14-10-18)23(4,5)16-25/h7-14,21,24-25H,6,15-16H2,1-5H3. The van der Waals surface area contributed by atoms with Crippen molar-refractivity contribution < 1.29 is 10.2 Å². The third-order valence-corrected chi connectivity index (χ3v) is 5.39. The quantitative estimate of drug-likeness (QED) is 0.762. The molecule has 136 valence electrons. The normalized spacial score (nSPS) is 12.6. The summed E-state index contributed by atoms with van der Waals surface area (Å²) in [5, 5.41) is 19.1. The molecule has 0 amide bonds. The monoisotopic (exact) mass is 340 g/mol. The minimum atomic E-state index is -0.211. The molecule has 2 N–H and O–H groups in total. The van der Waals surface area contributed by atoms with E-state index in [1.54, 1.807) is 0 Å². The highest BCUT2D eigenvalue weighted by atomic mass is 16.3. The second-order valence-electron chi connectivity index (χ2n) is 8.29. The molecule has 0 aliphatic carbocycles. The summed E-state index contributed by atoms with van der Waals surface area (Å²) in [6.07, 6.45) is 1.03. The summed E-state index contributed by atoms with van der Waals surface area (Å²) >= 11 is 0. The molecule has 25 heavy (non-hydrogen) atoms. The Labute approximate surface area is 152 Å². The molecule has 0 spiro atoms. The second-order valence-corrected chi connectivity index (χ2v) is 8.29. The van der Waals surface area contributed by atoms with Gasteiger partial charge in [0.2, 0.25) is 0 Å². The van der Waals surface area contributed by atoms with Gasteiger partial charge in [0.25, 0.3) is 0 Å². The summed E-state index contributed by atoms with van der Waals surface area (Å²) in [5.41, 5.74) is 4.50. The fourth-order valence-corrected chi connectivity index (χ4v) is 3.18. The van der Waals surface area contributed by atoms with Crippen molar-refractivity contribution in [3.8, 4) is 0 Å². The summed E-state index contributed by atoms with van der Waals surface area (Å²) in [5.74, 6) is 0.359. The Morgan fingerprint density at radius 2 is 1.00 bits per heavy atom. The fraction of sp³-hybridized carbons (Fsp3) is 0.478. The van der Waals surface area contributed by atoms with Gasteiger partial charge in [-0.1, -0.05) is 83.1 Å². The number of hydrogen-bond acceptors (Lipinski definition) is 2. The first-order chi connectivity index (χ1) is 11.7. The van der Waals surface area contributed by atoms with Crippen molar-refractivity contribution in [1.29, 1.82) is 0 Å². The van der Waals surface area contributed by atoms with E-state index in [0.29, 0.717) is 5.92 Å². The lowest BCUT2D eigenvalue weighted by Crippen LogP contribution is -2.22. The number of benzene rings is 2. The molecule has 0 saturated carbocycles. The van der Waals surface area contributed by atoms with Gasteiger partial charge in [-0.3, -0.25) is 0 Å². The van der Waals surface area contributed by atoms with Crippen LogP contribution >= 0.6 is 0 Å². The summed E-state index contributed by atoms with van der Waals surface area (Å²) in [7, 11) is 0.